The summed E-state index contributed by atoms with van der Waals surface area (Å²) in [6.45, 7) is 4.27. The van der Waals surface area contributed by atoms with Gasteiger partial charge in [0.2, 0.25) is 0 Å². The summed E-state index contributed by atoms with van der Waals surface area (Å²) in [6.07, 6.45) is 2.23. The lowest BCUT2D eigenvalue weighted by molar-refractivity contribution is 0.141. The Labute approximate surface area is 130 Å². The molecule has 0 amide bonds. The molecule has 0 saturated heterocycles. The first-order chi connectivity index (χ1) is 10.2. The number of ether oxygens (including phenoxy) is 1. The predicted molar refractivity (Wildman–Crippen MR) is 91.8 cm³/mol. The van der Waals surface area contributed by atoms with Gasteiger partial charge in [-0.15, -0.1) is 0 Å². The van der Waals surface area contributed by atoms with Crippen molar-refractivity contribution < 1.29 is 4.74 Å². The fraction of sp³-hybridized carbons (Fsp3) is 0.375. The zero-order valence-corrected chi connectivity index (χ0v) is 13.1. The van der Waals surface area contributed by atoms with Gasteiger partial charge in [0.05, 0.1) is 17.7 Å². The number of nitrogens with two attached hydrogens (primary N) is 1. The number of benzene rings is 1. The molecule has 2 rings (SSSR count). The van der Waals surface area contributed by atoms with Crippen LogP contribution in [0.25, 0.3) is 10.9 Å². The molecule has 4 nitrogen and oxygen atoms in total. The first-order valence-corrected chi connectivity index (χ1v) is 7.64. The molecule has 21 heavy (non-hydrogen) atoms. The van der Waals surface area contributed by atoms with Gasteiger partial charge < -0.3 is 15.8 Å². The normalized spacial score (nSPS) is 10.7. The third-order valence-electron chi connectivity index (χ3n) is 3.17. The highest BCUT2D eigenvalue weighted by Crippen LogP contribution is 2.20. The molecule has 0 saturated carbocycles. The lowest BCUT2D eigenvalue weighted by Gasteiger charge is -2.12. The van der Waals surface area contributed by atoms with E-state index in [1.54, 1.807) is 0 Å². The molecule has 3 N–H and O–H groups in total. The summed E-state index contributed by atoms with van der Waals surface area (Å²) in [5.74, 6) is 0.722. The van der Waals surface area contributed by atoms with E-state index in [0.29, 0.717) is 18.1 Å². The van der Waals surface area contributed by atoms with Crippen LogP contribution in [0.1, 0.15) is 25.3 Å². The lowest BCUT2D eigenvalue weighted by atomic mass is 10.1. The zero-order valence-electron chi connectivity index (χ0n) is 12.3. The van der Waals surface area contributed by atoms with E-state index in [9.17, 15) is 0 Å². The molecule has 0 fully saturated rings. The number of hydrogen-bond acceptors (Lipinski definition) is 4. The summed E-state index contributed by atoms with van der Waals surface area (Å²) in [6, 6.07) is 9.89. The van der Waals surface area contributed by atoms with Gasteiger partial charge >= 0.3 is 0 Å². The zero-order chi connectivity index (χ0) is 15.1. The summed E-state index contributed by atoms with van der Waals surface area (Å²) in [5.41, 5.74) is 7.49. The highest BCUT2D eigenvalue weighted by atomic mass is 32.1. The van der Waals surface area contributed by atoms with Crippen molar-refractivity contribution in [1.82, 2.24) is 4.98 Å². The lowest BCUT2D eigenvalue weighted by Crippen LogP contribution is -2.17. The van der Waals surface area contributed by atoms with E-state index in [2.05, 4.69) is 17.2 Å². The summed E-state index contributed by atoms with van der Waals surface area (Å²) < 4.78 is 5.53. The fourth-order valence-electron chi connectivity index (χ4n) is 2.03. The van der Waals surface area contributed by atoms with E-state index in [1.165, 1.54) is 0 Å². The first kappa shape index (κ1) is 15.7. The first-order valence-electron chi connectivity index (χ1n) is 7.23. The topological polar surface area (TPSA) is 60.2 Å². The van der Waals surface area contributed by atoms with Gasteiger partial charge in [-0.3, -0.25) is 0 Å². The number of fused-ring (bicyclic) bond motifs is 1. The third-order valence-corrected chi connectivity index (χ3v) is 3.39. The van der Waals surface area contributed by atoms with Crippen molar-refractivity contribution >= 4 is 33.9 Å². The van der Waals surface area contributed by atoms with E-state index in [4.69, 9.17) is 22.7 Å². The largest absolute Gasteiger partial charge is 0.389 e. The molecule has 0 aliphatic rings. The highest BCUT2D eigenvalue weighted by Gasteiger charge is 2.08. The second-order valence-corrected chi connectivity index (χ2v) is 5.27. The predicted octanol–water partition coefficient (Wildman–Crippen LogP) is 3.10. The van der Waals surface area contributed by atoms with Gasteiger partial charge in [-0.2, -0.15) is 0 Å². The molecular formula is C16H21N3OS. The van der Waals surface area contributed by atoms with Crippen LogP contribution in [0, 0.1) is 0 Å². The second kappa shape index (κ2) is 7.90. The number of anilines is 1. The van der Waals surface area contributed by atoms with Crippen LogP contribution in [0.15, 0.2) is 30.3 Å². The Kier molecular flexibility index (Phi) is 5.90. The van der Waals surface area contributed by atoms with E-state index in [-0.39, 0.29) is 0 Å². The number of hydrogen-bond donors (Lipinski definition) is 2. The molecule has 0 atom stereocenters. The Hall–Kier alpha value is -1.72. The van der Waals surface area contributed by atoms with Crippen molar-refractivity contribution in [2.45, 2.75) is 19.8 Å². The maximum absolute atomic E-state index is 5.80. The van der Waals surface area contributed by atoms with Gasteiger partial charge in [-0.1, -0.05) is 43.8 Å². The van der Waals surface area contributed by atoms with E-state index < -0.39 is 0 Å². The Morgan fingerprint density at radius 3 is 2.90 bits per heavy atom. The molecule has 0 bridgehead atoms. The molecule has 1 aromatic carbocycles. The number of nitrogens with zero attached hydrogens (tertiary/aromatic N) is 1. The van der Waals surface area contributed by atoms with E-state index in [1.807, 2.05) is 30.3 Å². The molecular weight excluding hydrogens is 282 g/mol. The minimum atomic E-state index is 0.350. The highest BCUT2D eigenvalue weighted by molar-refractivity contribution is 7.80. The monoisotopic (exact) mass is 303 g/mol. The number of aromatic nitrogens is 1. The van der Waals surface area contributed by atoms with Gasteiger partial charge in [0.15, 0.2) is 0 Å². The minimum absolute atomic E-state index is 0.350. The van der Waals surface area contributed by atoms with Gasteiger partial charge in [0, 0.05) is 18.5 Å². The van der Waals surface area contributed by atoms with Crippen LogP contribution in [0.3, 0.4) is 0 Å². The van der Waals surface area contributed by atoms with Crippen LogP contribution in [-0.2, 0) is 4.74 Å². The number of unbranched alkanes of at least 4 members (excludes halogenated alkanes) is 1. The Bertz CT molecular complexity index is 615. The average molecular weight is 303 g/mol. The Morgan fingerprint density at radius 1 is 1.33 bits per heavy atom. The van der Waals surface area contributed by atoms with Crippen LogP contribution in [0.5, 0.6) is 0 Å². The molecule has 1 aromatic heterocycles. The van der Waals surface area contributed by atoms with Gasteiger partial charge in [0.1, 0.15) is 10.8 Å². The van der Waals surface area contributed by atoms with Crippen molar-refractivity contribution in [2.24, 2.45) is 5.73 Å². The molecule has 2 aromatic rings. The molecule has 112 valence electrons. The summed E-state index contributed by atoms with van der Waals surface area (Å²) in [5, 5.41) is 4.29. The van der Waals surface area contributed by atoms with Crippen molar-refractivity contribution in [3.8, 4) is 0 Å². The van der Waals surface area contributed by atoms with Gasteiger partial charge in [-0.05, 0) is 18.6 Å². The molecule has 0 aliphatic heterocycles. The van der Waals surface area contributed by atoms with Crippen molar-refractivity contribution in [3.63, 3.8) is 0 Å². The van der Waals surface area contributed by atoms with Crippen LogP contribution in [-0.4, -0.2) is 29.7 Å². The van der Waals surface area contributed by atoms with Crippen molar-refractivity contribution in [3.05, 3.63) is 35.9 Å². The molecule has 1 heterocycles. The van der Waals surface area contributed by atoms with Crippen LogP contribution >= 0.6 is 12.2 Å². The maximum Gasteiger partial charge on any atom is 0.137 e. The van der Waals surface area contributed by atoms with Gasteiger partial charge in [0.25, 0.3) is 0 Å². The molecule has 0 spiro atoms. The minimum Gasteiger partial charge on any atom is -0.389 e. The van der Waals surface area contributed by atoms with Crippen molar-refractivity contribution in [1.29, 1.82) is 0 Å². The molecule has 0 radical (unpaired) electrons. The molecule has 0 aliphatic carbocycles. The number of pyridine rings is 1. The fourth-order valence-corrected chi connectivity index (χ4v) is 2.18. The van der Waals surface area contributed by atoms with Crippen LogP contribution < -0.4 is 11.1 Å². The Morgan fingerprint density at radius 2 is 2.14 bits per heavy atom. The van der Waals surface area contributed by atoms with Crippen LogP contribution in [0.4, 0.5) is 5.82 Å². The summed E-state index contributed by atoms with van der Waals surface area (Å²) >= 11 is 5.12. The Balaban J connectivity index is 2.06. The van der Waals surface area contributed by atoms with Gasteiger partial charge in [-0.25, -0.2) is 4.98 Å². The quantitative estimate of drug-likeness (QED) is 0.579. The standard InChI is InChI=1S/C16H21N3OS/c1-2-3-9-20-10-8-18-16-13(15(17)21)11-12-6-4-5-7-14(12)19-16/h4-7,11H,2-3,8-10H2,1H3,(H2,17,21)(H,18,19). The average Bonchev–Trinajstić information content (AvgIpc) is 2.49. The number of nitrogens with one attached hydrogen (secondary N) is 1. The van der Waals surface area contributed by atoms with Crippen LogP contribution in [0.2, 0.25) is 0 Å². The maximum atomic E-state index is 5.80. The number of thiocarbonyl (C=S) groups is 1. The second-order valence-electron chi connectivity index (χ2n) is 4.83. The number of rotatable bonds is 8. The molecule has 0 unspecified atom stereocenters. The third kappa shape index (κ3) is 4.37. The van der Waals surface area contributed by atoms with E-state index >= 15 is 0 Å². The van der Waals surface area contributed by atoms with E-state index in [0.717, 1.165) is 41.7 Å². The van der Waals surface area contributed by atoms with Crippen molar-refractivity contribution in [2.75, 3.05) is 25.1 Å². The number of para-hydroxylation sites is 1. The molecule has 5 heteroatoms. The summed E-state index contributed by atoms with van der Waals surface area (Å²) in [7, 11) is 0. The SMILES string of the molecule is CCCCOCCNc1nc2ccccc2cc1C(N)=S. The summed E-state index contributed by atoms with van der Waals surface area (Å²) in [4.78, 5) is 4.95. The smallest absolute Gasteiger partial charge is 0.137 e.